The van der Waals surface area contributed by atoms with Crippen LogP contribution in [0.15, 0.2) is 35.6 Å². The maximum atomic E-state index is 13.3. The predicted molar refractivity (Wildman–Crippen MR) is 97.5 cm³/mol. The van der Waals surface area contributed by atoms with Crippen LogP contribution in [0.3, 0.4) is 0 Å². The fourth-order valence-electron chi connectivity index (χ4n) is 3.52. The van der Waals surface area contributed by atoms with Gasteiger partial charge in [0.2, 0.25) is 0 Å². The minimum Gasteiger partial charge on any atom is -0.351 e. The van der Waals surface area contributed by atoms with Gasteiger partial charge in [-0.05, 0) is 43.5 Å². The standard InChI is InChI=1S/C19H21FN4O/c1-13-11-24(16-9-21-12-22-10-16)18-3-2-14(8-17(13)18)19(25)23-6-4-15(20)5-7-23/h2-3,8-9,11-12,15H,4-7,10H2,1H3,(H,21,22). The summed E-state index contributed by atoms with van der Waals surface area (Å²) in [5.74, 6) is -0.0101. The molecule has 0 unspecified atom stereocenters. The second kappa shape index (κ2) is 6.35. The van der Waals surface area contributed by atoms with E-state index in [0.29, 0.717) is 38.0 Å². The monoisotopic (exact) mass is 340 g/mol. The number of aromatic nitrogens is 1. The number of likely N-dealkylation sites (tertiary alicyclic amines) is 1. The first-order valence-electron chi connectivity index (χ1n) is 8.62. The van der Waals surface area contributed by atoms with E-state index in [-0.39, 0.29) is 5.91 Å². The van der Waals surface area contributed by atoms with Crippen LogP contribution in [0.4, 0.5) is 4.39 Å². The van der Waals surface area contributed by atoms with Crippen molar-refractivity contribution in [3.8, 4) is 0 Å². The molecule has 1 fully saturated rings. The Morgan fingerprint density at radius 3 is 2.84 bits per heavy atom. The number of amides is 1. The van der Waals surface area contributed by atoms with Crippen LogP contribution in [-0.2, 0) is 0 Å². The number of alkyl halides is 1. The van der Waals surface area contributed by atoms with Gasteiger partial charge in [0.05, 0.1) is 24.1 Å². The number of fused-ring (bicyclic) bond motifs is 1. The lowest BCUT2D eigenvalue weighted by Gasteiger charge is -2.28. The molecule has 130 valence electrons. The highest BCUT2D eigenvalue weighted by molar-refractivity contribution is 5.99. The van der Waals surface area contributed by atoms with Crippen LogP contribution in [0.2, 0.25) is 0 Å². The van der Waals surface area contributed by atoms with Gasteiger partial charge in [0.1, 0.15) is 6.17 Å². The molecule has 0 bridgehead atoms. The van der Waals surface area contributed by atoms with Gasteiger partial charge in [-0.2, -0.15) is 0 Å². The highest BCUT2D eigenvalue weighted by Gasteiger charge is 2.23. The third-order valence-corrected chi connectivity index (χ3v) is 4.94. The van der Waals surface area contributed by atoms with E-state index in [9.17, 15) is 9.18 Å². The summed E-state index contributed by atoms with van der Waals surface area (Å²) in [6.45, 7) is 3.65. The van der Waals surface area contributed by atoms with Crippen molar-refractivity contribution in [1.82, 2.24) is 14.8 Å². The molecular formula is C19H21FN4O. The van der Waals surface area contributed by atoms with Crippen molar-refractivity contribution >= 4 is 28.8 Å². The third kappa shape index (κ3) is 2.92. The van der Waals surface area contributed by atoms with Gasteiger partial charge in [0.15, 0.2) is 0 Å². The maximum Gasteiger partial charge on any atom is 0.253 e. The van der Waals surface area contributed by atoms with Crippen LogP contribution >= 0.6 is 0 Å². The van der Waals surface area contributed by atoms with E-state index in [0.717, 1.165) is 22.2 Å². The van der Waals surface area contributed by atoms with Gasteiger partial charge in [-0.1, -0.05) is 0 Å². The average Bonchev–Trinajstić information content (AvgIpc) is 2.99. The quantitative estimate of drug-likeness (QED) is 0.914. The summed E-state index contributed by atoms with van der Waals surface area (Å²) in [6, 6.07) is 5.80. The second-order valence-corrected chi connectivity index (χ2v) is 6.65. The Hall–Kier alpha value is -2.63. The number of piperidine rings is 1. The van der Waals surface area contributed by atoms with Gasteiger partial charge in [0, 0.05) is 36.4 Å². The maximum absolute atomic E-state index is 13.3. The zero-order chi connectivity index (χ0) is 17.4. The van der Waals surface area contributed by atoms with Crippen LogP contribution in [0.5, 0.6) is 0 Å². The Morgan fingerprint density at radius 1 is 1.32 bits per heavy atom. The Labute approximate surface area is 145 Å². The molecule has 4 rings (SSSR count). The first-order chi connectivity index (χ1) is 12.1. The molecule has 0 spiro atoms. The molecule has 0 aliphatic carbocycles. The number of hydrogen-bond donors (Lipinski definition) is 1. The zero-order valence-electron chi connectivity index (χ0n) is 14.2. The van der Waals surface area contributed by atoms with Crippen molar-refractivity contribution in [2.75, 3.05) is 19.6 Å². The molecule has 2 aliphatic heterocycles. The molecule has 1 aromatic carbocycles. The zero-order valence-corrected chi connectivity index (χ0v) is 14.2. The van der Waals surface area contributed by atoms with Crippen molar-refractivity contribution in [3.05, 3.63) is 41.7 Å². The SMILES string of the molecule is Cc1cn(C2=CNC=NC2)c2ccc(C(=O)N3CCC(F)CC3)cc12. The second-order valence-electron chi connectivity index (χ2n) is 6.65. The number of aliphatic imine (C=N–C) groups is 1. The summed E-state index contributed by atoms with van der Waals surface area (Å²) in [5.41, 5.74) is 3.90. The number of carbonyl (C=O) groups excluding carboxylic acids is 1. The van der Waals surface area contributed by atoms with Crippen LogP contribution in [0.25, 0.3) is 16.6 Å². The summed E-state index contributed by atoms with van der Waals surface area (Å²) >= 11 is 0. The summed E-state index contributed by atoms with van der Waals surface area (Å²) in [5, 5.41) is 4.07. The largest absolute Gasteiger partial charge is 0.351 e. The van der Waals surface area contributed by atoms with Crippen molar-refractivity contribution in [3.63, 3.8) is 0 Å². The Kier molecular flexibility index (Phi) is 4.03. The smallest absolute Gasteiger partial charge is 0.253 e. The molecule has 0 radical (unpaired) electrons. The molecule has 25 heavy (non-hydrogen) atoms. The minimum atomic E-state index is -0.775. The van der Waals surface area contributed by atoms with E-state index in [4.69, 9.17) is 0 Å². The first kappa shape index (κ1) is 15.9. The van der Waals surface area contributed by atoms with Crippen LogP contribution in [0, 0.1) is 6.92 Å². The van der Waals surface area contributed by atoms with Gasteiger partial charge in [-0.3, -0.25) is 9.79 Å². The van der Waals surface area contributed by atoms with Crippen molar-refractivity contribution < 1.29 is 9.18 Å². The molecule has 1 saturated heterocycles. The number of nitrogens with one attached hydrogen (secondary N) is 1. The number of benzene rings is 1. The summed E-state index contributed by atoms with van der Waals surface area (Å²) in [4.78, 5) is 18.7. The number of nitrogens with zero attached hydrogens (tertiary/aromatic N) is 3. The molecule has 1 N–H and O–H groups in total. The number of halogens is 1. The highest BCUT2D eigenvalue weighted by atomic mass is 19.1. The number of rotatable bonds is 2. The Morgan fingerprint density at radius 2 is 2.12 bits per heavy atom. The topological polar surface area (TPSA) is 49.6 Å². The molecule has 5 nitrogen and oxygen atoms in total. The molecule has 6 heteroatoms. The fourth-order valence-corrected chi connectivity index (χ4v) is 3.52. The number of aryl methyl sites for hydroxylation is 1. The molecule has 2 aromatic rings. The van der Waals surface area contributed by atoms with Crippen molar-refractivity contribution in [1.29, 1.82) is 0 Å². The lowest BCUT2D eigenvalue weighted by atomic mass is 10.1. The molecule has 0 atom stereocenters. The van der Waals surface area contributed by atoms with E-state index < -0.39 is 6.17 Å². The van der Waals surface area contributed by atoms with Gasteiger partial charge in [-0.25, -0.2) is 4.39 Å². The van der Waals surface area contributed by atoms with Gasteiger partial charge in [-0.15, -0.1) is 0 Å². The fraction of sp³-hybridized carbons (Fsp3) is 0.368. The van der Waals surface area contributed by atoms with Gasteiger partial charge < -0.3 is 14.8 Å². The van der Waals surface area contributed by atoms with Gasteiger partial charge in [0.25, 0.3) is 5.91 Å². The van der Waals surface area contributed by atoms with Crippen molar-refractivity contribution in [2.45, 2.75) is 25.9 Å². The van der Waals surface area contributed by atoms with E-state index >= 15 is 0 Å². The first-order valence-corrected chi connectivity index (χ1v) is 8.62. The minimum absolute atomic E-state index is 0.0101. The molecular weight excluding hydrogens is 319 g/mol. The summed E-state index contributed by atoms with van der Waals surface area (Å²) in [6.07, 6.45) is 5.78. The third-order valence-electron chi connectivity index (χ3n) is 4.94. The van der Waals surface area contributed by atoms with Crippen LogP contribution < -0.4 is 5.32 Å². The molecule has 2 aliphatic rings. The number of carbonyl (C=O) groups is 1. The number of hydrogen-bond acceptors (Lipinski definition) is 3. The molecule has 1 aromatic heterocycles. The average molecular weight is 340 g/mol. The normalized spacial score (nSPS) is 18.3. The molecule has 0 saturated carbocycles. The van der Waals surface area contributed by atoms with E-state index in [1.807, 2.05) is 31.3 Å². The van der Waals surface area contributed by atoms with Crippen molar-refractivity contribution in [2.24, 2.45) is 4.99 Å². The van der Waals surface area contributed by atoms with E-state index in [1.54, 1.807) is 11.2 Å². The van der Waals surface area contributed by atoms with E-state index in [2.05, 4.69) is 21.1 Å². The lowest BCUT2D eigenvalue weighted by molar-refractivity contribution is 0.0667. The highest BCUT2D eigenvalue weighted by Crippen LogP contribution is 2.26. The Balaban J connectivity index is 1.65. The summed E-state index contributed by atoms with van der Waals surface area (Å²) < 4.78 is 15.4. The van der Waals surface area contributed by atoms with Gasteiger partial charge >= 0.3 is 0 Å². The Bertz CT molecular complexity index is 875. The molecule has 1 amide bonds. The van der Waals surface area contributed by atoms with Crippen LogP contribution in [0.1, 0.15) is 28.8 Å². The lowest BCUT2D eigenvalue weighted by Crippen LogP contribution is -2.39. The predicted octanol–water partition coefficient (Wildman–Crippen LogP) is 2.95. The van der Waals surface area contributed by atoms with E-state index in [1.165, 1.54) is 0 Å². The van der Waals surface area contributed by atoms with Crippen LogP contribution in [-0.4, -0.2) is 47.5 Å². The molecule has 3 heterocycles. The summed E-state index contributed by atoms with van der Waals surface area (Å²) in [7, 11) is 0.